The van der Waals surface area contributed by atoms with Crippen molar-refractivity contribution in [1.29, 1.82) is 0 Å². The van der Waals surface area contributed by atoms with Gasteiger partial charge in [0.15, 0.2) is 0 Å². The lowest BCUT2D eigenvalue weighted by Crippen LogP contribution is -2.42. The molecule has 16 nitrogen and oxygen atoms in total. The fourth-order valence-corrected chi connectivity index (χ4v) is 10.9. The van der Waals surface area contributed by atoms with Gasteiger partial charge in [-0.1, -0.05) is 136 Å². The molecule has 78 heavy (non-hydrogen) atoms. The molecule has 448 valence electrons. The Bertz CT molecular complexity index is 1870. The van der Waals surface area contributed by atoms with Crippen LogP contribution in [0.4, 0.5) is 0 Å². The molecule has 0 radical (unpaired) electrons. The summed E-state index contributed by atoms with van der Waals surface area (Å²) in [4.78, 5) is 48.1. The van der Waals surface area contributed by atoms with Crippen molar-refractivity contribution in [2.45, 2.75) is 243 Å². The first-order chi connectivity index (χ1) is 36.2. The van der Waals surface area contributed by atoms with Crippen molar-refractivity contribution in [3.05, 3.63) is 71.9 Å². The van der Waals surface area contributed by atoms with Crippen LogP contribution in [0.2, 0.25) is 0 Å². The number of ether oxygens (including phenoxy) is 4. The first kappa shape index (κ1) is 73.0. The maximum Gasteiger partial charge on any atom is 0.309 e. The van der Waals surface area contributed by atoms with Crippen LogP contribution in [0.5, 0.6) is 0 Å². The highest BCUT2D eigenvalue weighted by Crippen LogP contribution is 2.31. The Balaban J connectivity index is 0.000000780. The molecule has 0 saturated heterocycles. The third-order valence-corrected chi connectivity index (χ3v) is 17.1. The highest BCUT2D eigenvalue weighted by Gasteiger charge is 2.37. The topological polar surface area (TPSA) is 267 Å². The first-order valence-electron chi connectivity index (χ1n) is 27.8. The highest BCUT2D eigenvalue weighted by molar-refractivity contribution is 9.09. The fraction of sp³-hybridized carbons (Fsp3) is 0.733. The van der Waals surface area contributed by atoms with Crippen LogP contribution in [0.1, 0.15) is 161 Å². The molecule has 0 fully saturated rings. The molecule has 0 aliphatic carbocycles. The lowest BCUT2D eigenvalue weighted by molar-refractivity contribution is -0.158. The molecule has 0 bridgehead atoms. The average molecular weight is 1240 g/mol. The summed E-state index contributed by atoms with van der Waals surface area (Å²) in [5, 5.41) is 83.9. The number of esters is 4. The number of rotatable bonds is 20. The van der Waals surface area contributed by atoms with Crippen molar-refractivity contribution >= 4 is 55.7 Å². The zero-order valence-corrected chi connectivity index (χ0v) is 52.0. The van der Waals surface area contributed by atoms with Crippen LogP contribution < -0.4 is 0 Å². The van der Waals surface area contributed by atoms with Gasteiger partial charge in [-0.15, -0.1) is 0 Å². The predicted molar refractivity (Wildman–Crippen MR) is 310 cm³/mol. The van der Waals surface area contributed by atoms with E-state index in [1.807, 2.05) is 106 Å². The fourth-order valence-electron chi connectivity index (χ4n) is 9.27. The standard InChI is InChI=1S/2C30H49BrO8/c1-8-25(34)21(5)28(36)24(31)16-18(2)10-9-11-19(3)29-20(4)12-13-26(38-22(6)32)30(7,37)15-14-23(33)17-27(35)39-29;1-8-24(34)21(5)28(31)25(35)16-18(2)10-9-11-19(3)29-20(4)12-13-26(38-22(6)32)30(7,37)15-14-23(33)17-27(36)39-29/h9-13,18,20-21,23-26,28-29,33-34,36-37H,8,14-17H2,1-7H3;9-13,18,20-21,23-26,28-29,33-35,37H,8,14-17H2,1-7H3/b2*10-9+,13-12+,19-11+. The van der Waals surface area contributed by atoms with Crippen molar-refractivity contribution in [2.24, 2.45) is 35.5 Å². The summed E-state index contributed by atoms with van der Waals surface area (Å²) in [5.74, 6) is -2.92. The number of cyclic esters (lactones) is 2. The van der Waals surface area contributed by atoms with Crippen molar-refractivity contribution in [3.63, 3.8) is 0 Å². The van der Waals surface area contributed by atoms with E-state index in [9.17, 15) is 60.0 Å². The van der Waals surface area contributed by atoms with Crippen molar-refractivity contribution in [3.8, 4) is 0 Å². The Morgan fingerprint density at radius 1 is 0.654 bits per heavy atom. The van der Waals surface area contributed by atoms with Crippen LogP contribution in [-0.4, -0.2) is 147 Å². The molecule has 0 amide bonds. The van der Waals surface area contributed by atoms with Gasteiger partial charge >= 0.3 is 23.9 Å². The number of aliphatic hydroxyl groups excluding tert-OH is 6. The van der Waals surface area contributed by atoms with Crippen molar-refractivity contribution in [1.82, 2.24) is 0 Å². The number of hydrogen-bond acceptors (Lipinski definition) is 16. The Kier molecular flexibility index (Phi) is 33.4. The molecule has 0 saturated carbocycles. The van der Waals surface area contributed by atoms with Gasteiger partial charge in [-0.25, -0.2) is 0 Å². The highest BCUT2D eigenvalue weighted by atomic mass is 79.9. The number of hydrogen-bond donors (Lipinski definition) is 8. The summed E-state index contributed by atoms with van der Waals surface area (Å²) >= 11 is 7.11. The Hall–Kier alpha value is -3.04. The lowest BCUT2D eigenvalue weighted by Gasteiger charge is -2.32. The van der Waals surface area contributed by atoms with Gasteiger partial charge in [0.25, 0.3) is 0 Å². The summed E-state index contributed by atoms with van der Waals surface area (Å²) < 4.78 is 22.2. The zero-order valence-electron chi connectivity index (χ0n) is 48.8. The third-order valence-electron chi connectivity index (χ3n) is 14.8. The third kappa shape index (κ3) is 26.7. The minimum Gasteiger partial charge on any atom is -0.457 e. The maximum atomic E-state index is 12.6. The molecule has 0 aromatic rings. The minimum absolute atomic E-state index is 0.0492. The van der Waals surface area contributed by atoms with Gasteiger partial charge in [-0.2, -0.15) is 0 Å². The molecule has 18 heteroatoms. The molecule has 20 atom stereocenters. The Morgan fingerprint density at radius 3 is 1.40 bits per heavy atom. The van der Waals surface area contributed by atoms with Crippen LogP contribution in [0.25, 0.3) is 0 Å². The molecular weight excluding hydrogens is 1140 g/mol. The molecule has 20 unspecified atom stereocenters. The molecule has 0 aromatic carbocycles. The maximum absolute atomic E-state index is 12.6. The molecule has 2 heterocycles. The number of allylic oxidation sites excluding steroid dienone is 6. The zero-order chi connectivity index (χ0) is 59.8. The van der Waals surface area contributed by atoms with Gasteiger partial charge in [-0.3, -0.25) is 19.2 Å². The van der Waals surface area contributed by atoms with E-state index in [-0.39, 0.29) is 83.7 Å². The summed E-state index contributed by atoms with van der Waals surface area (Å²) in [6.07, 6.45) is 13.2. The molecule has 2 rings (SSSR count). The SMILES string of the molecule is CCC(O)C(C)C(Br)C(O)CC(C)/C=C/C=C(\C)C1OC(=O)CC(O)CCC(C)(O)C(OC(C)=O)/C=C/C1C.CCC(O)C(C)C(O)C(Br)CC(C)/C=C/C=C(\C)C1OC(=O)CC(O)CCC(C)(O)C(OC(C)=O)/C=C/C1C. The Labute approximate surface area is 482 Å². The second-order valence-electron chi connectivity index (χ2n) is 22.6. The van der Waals surface area contributed by atoms with Gasteiger partial charge in [0.1, 0.15) is 35.6 Å². The molecule has 2 aliphatic heterocycles. The van der Waals surface area contributed by atoms with Crippen LogP contribution in [-0.2, 0) is 38.1 Å². The lowest BCUT2D eigenvalue weighted by atomic mass is 9.88. The van der Waals surface area contributed by atoms with Crippen LogP contribution in [0.3, 0.4) is 0 Å². The second kappa shape index (κ2) is 35.7. The number of halogens is 2. The molecule has 8 N–H and O–H groups in total. The quantitative estimate of drug-likeness (QED) is 0.0186. The number of carbonyl (C=O) groups is 4. The van der Waals surface area contributed by atoms with E-state index in [0.29, 0.717) is 25.7 Å². The van der Waals surface area contributed by atoms with E-state index in [1.54, 1.807) is 38.2 Å². The van der Waals surface area contributed by atoms with Gasteiger partial charge < -0.3 is 59.8 Å². The minimum atomic E-state index is -1.42. The number of carbonyl (C=O) groups excluding carboxylic acids is 4. The largest absolute Gasteiger partial charge is 0.457 e. The van der Waals surface area contributed by atoms with E-state index < -0.39 is 96.1 Å². The average Bonchev–Trinajstić information content (AvgIpc) is 3.35. The normalized spacial score (nSPS) is 32.2. The summed E-state index contributed by atoms with van der Waals surface area (Å²) in [7, 11) is 0. The van der Waals surface area contributed by atoms with Gasteiger partial charge in [0, 0.05) is 41.3 Å². The van der Waals surface area contributed by atoms with E-state index in [1.165, 1.54) is 13.8 Å². The smallest absolute Gasteiger partial charge is 0.309 e. The molecule has 0 spiro atoms. The Morgan fingerprint density at radius 2 is 1.03 bits per heavy atom. The summed E-state index contributed by atoms with van der Waals surface area (Å²) in [5.41, 5.74) is -1.29. The van der Waals surface area contributed by atoms with Crippen LogP contribution >= 0.6 is 31.9 Å². The van der Waals surface area contributed by atoms with Gasteiger partial charge in [-0.05, 0) is 120 Å². The van der Waals surface area contributed by atoms with Crippen LogP contribution in [0.15, 0.2) is 71.9 Å². The van der Waals surface area contributed by atoms with E-state index in [2.05, 4.69) is 31.9 Å². The van der Waals surface area contributed by atoms with Crippen molar-refractivity contribution < 1.29 is 79.0 Å². The predicted octanol–water partition coefficient (Wildman–Crippen LogP) is 8.76. The molecule has 2 aliphatic rings. The summed E-state index contributed by atoms with van der Waals surface area (Å²) in [6, 6.07) is 0. The van der Waals surface area contributed by atoms with E-state index >= 15 is 0 Å². The van der Waals surface area contributed by atoms with Crippen molar-refractivity contribution in [2.75, 3.05) is 0 Å². The molecule has 0 aromatic heterocycles. The number of alkyl halides is 2. The van der Waals surface area contributed by atoms with Crippen LogP contribution in [0, 0.1) is 35.5 Å². The van der Waals surface area contributed by atoms with Gasteiger partial charge in [0.2, 0.25) is 0 Å². The second-order valence-corrected chi connectivity index (χ2v) is 24.8. The molecular formula is C60H98Br2O16. The van der Waals surface area contributed by atoms with Gasteiger partial charge in [0.05, 0.1) is 49.5 Å². The monoisotopic (exact) mass is 1230 g/mol. The number of aliphatic hydroxyl groups is 8. The first-order valence-corrected chi connectivity index (χ1v) is 29.6. The van der Waals surface area contributed by atoms with E-state index in [0.717, 1.165) is 11.1 Å². The van der Waals surface area contributed by atoms with E-state index in [4.69, 9.17) is 18.9 Å². The summed E-state index contributed by atoms with van der Waals surface area (Å²) in [6.45, 7) is 24.6.